The standard InChI is InChI=1S/C16H19NO2S/c1-2-13(12-7-4-3-5-8-12)16(19)17-11-14(18)15-9-6-10-20-15/h3-10,13-14,18H,2,11H2,1H3,(H,17,19)/t13-,14-/m0/s1. The Morgan fingerprint density at radius 1 is 1.25 bits per heavy atom. The fourth-order valence-corrected chi connectivity index (χ4v) is 2.87. The average Bonchev–Trinajstić information content (AvgIpc) is 3.01. The Labute approximate surface area is 123 Å². The lowest BCUT2D eigenvalue weighted by atomic mass is 9.95. The smallest absolute Gasteiger partial charge is 0.227 e. The number of benzene rings is 1. The van der Waals surface area contributed by atoms with Crippen molar-refractivity contribution in [1.29, 1.82) is 0 Å². The third-order valence-electron chi connectivity index (χ3n) is 3.27. The molecule has 0 bridgehead atoms. The number of aliphatic hydroxyl groups is 1. The molecule has 4 heteroatoms. The zero-order valence-electron chi connectivity index (χ0n) is 11.5. The van der Waals surface area contributed by atoms with Gasteiger partial charge in [0.15, 0.2) is 0 Å². The maximum absolute atomic E-state index is 12.2. The summed E-state index contributed by atoms with van der Waals surface area (Å²) in [5, 5.41) is 14.7. The lowest BCUT2D eigenvalue weighted by Crippen LogP contribution is -2.32. The molecule has 1 aromatic carbocycles. The van der Waals surface area contributed by atoms with Gasteiger partial charge in [-0.25, -0.2) is 0 Å². The molecule has 0 aliphatic rings. The number of nitrogens with one attached hydrogen (secondary N) is 1. The third kappa shape index (κ3) is 3.68. The van der Waals surface area contributed by atoms with Crippen LogP contribution in [0.2, 0.25) is 0 Å². The summed E-state index contributed by atoms with van der Waals surface area (Å²) in [5.74, 6) is -0.193. The molecule has 0 saturated carbocycles. The first-order chi connectivity index (χ1) is 9.72. The van der Waals surface area contributed by atoms with Crippen molar-refractivity contribution in [2.75, 3.05) is 6.54 Å². The van der Waals surface area contributed by atoms with E-state index in [1.807, 2.05) is 54.8 Å². The molecule has 0 aliphatic carbocycles. The van der Waals surface area contributed by atoms with Gasteiger partial charge in [-0.1, -0.05) is 43.3 Å². The molecular formula is C16H19NO2S. The van der Waals surface area contributed by atoms with Gasteiger partial charge in [-0.15, -0.1) is 11.3 Å². The molecule has 106 valence electrons. The van der Waals surface area contributed by atoms with E-state index >= 15 is 0 Å². The van der Waals surface area contributed by atoms with Gasteiger partial charge in [0.05, 0.1) is 5.92 Å². The highest BCUT2D eigenvalue weighted by Crippen LogP contribution is 2.21. The van der Waals surface area contributed by atoms with Gasteiger partial charge in [-0.2, -0.15) is 0 Å². The van der Waals surface area contributed by atoms with Crippen LogP contribution in [-0.2, 0) is 4.79 Å². The predicted octanol–water partition coefficient (Wildman–Crippen LogP) is 3.09. The molecule has 1 amide bonds. The second-order valence-electron chi connectivity index (χ2n) is 4.65. The van der Waals surface area contributed by atoms with Crippen molar-refractivity contribution < 1.29 is 9.90 Å². The Kier molecular flexibility index (Phi) is 5.32. The first-order valence-corrected chi connectivity index (χ1v) is 7.64. The van der Waals surface area contributed by atoms with Crippen LogP contribution in [0.15, 0.2) is 47.8 Å². The molecule has 2 N–H and O–H groups in total. The number of rotatable bonds is 6. The summed E-state index contributed by atoms with van der Waals surface area (Å²) in [6, 6.07) is 13.5. The van der Waals surface area contributed by atoms with Crippen molar-refractivity contribution in [1.82, 2.24) is 5.32 Å². The number of carbonyl (C=O) groups is 1. The number of hydrogen-bond donors (Lipinski definition) is 2. The molecule has 0 aliphatic heterocycles. The number of carbonyl (C=O) groups excluding carboxylic acids is 1. The largest absolute Gasteiger partial charge is 0.386 e. The highest BCUT2D eigenvalue weighted by molar-refractivity contribution is 7.10. The van der Waals surface area contributed by atoms with Gasteiger partial charge >= 0.3 is 0 Å². The molecule has 2 atom stereocenters. The normalized spacial score (nSPS) is 13.7. The summed E-state index contributed by atoms with van der Waals surface area (Å²) >= 11 is 1.49. The fraction of sp³-hybridized carbons (Fsp3) is 0.312. The lowest BCUT2D eigenvalue weighted by Gasteiger charge is -2.17. The van der Waals surface area contributed by atoms with Gasteiger partial charge in [0.25, 0.3) is 0 Å². The topological polar surface area (TPSA) is 49.3 Å². The van der Waals surface area contributed by atoms with Crippen LogP contribution in [0.1, 0.15) is 35.8 Å². The maximum Gasteiger partial charge on any atom is 0.227 e. The summed E-state index contributed by atoms with van der Waals surface area (Å²) in [4.78, 5) is 13.1. The molecule has 0 radical (unpaired) electrons. The Bertz CT molecular complexity index is 525. The molecule has 1 heterocycles. The van der Waals surface area contributed by atoms with Crippen LogP contribution in [0.3, 0.4) is 0 Å². The van der Waals surface area contributed by atoms with E-state index in [9.17, 15) is 9.90 Å². The molecule has 20 heavy (non-hydrogen) atoms. The van der Waals surface area contributed by atoms with Gasteiger partial charge < -0.3 is 10.4 Å². The van der Waals surface area contributed by atoms with Crippen molar-refractivity contribution >= 4 is 17.2 Å². The summed E-state index contributed by atoms with van der Waals surface area (Å²) in [5.41, 5.74) is 1.01. The maximum atomic E-state index is 12.2. The minimum Gasteiger partial charge on any atom is -0.386 e. The summed E-state index contributed by atoms with van der Waals surface area (Å²) in [6.45, 7) is 2.25. The molecule has 0 fully saturated rings. The Balaban J connectivity index is 1.93. The van der Waals surface area contributed by atoms with E-state index in [4.69, 9.17) is 0 Å². The van der Waals surface area contributed by atoms with E-state index in [2.05, 4.69) is 5.32 Å². The second-order valence-corrected chi connectivity index (χ2v) is 5.63. The number of aliphatic hydroxyl groups excluding tert-OH is 1. The Hall–Kier alpha value is -1.65. The number of amides is 1. The van der Waals surface area contributed by atoms with Gasteiger partial charge in [-0.3, -0.25) is 4.79 Å². The van der Waals surface area contributed by atoms with Gasteiger partial charge in [0.1, 0.15) is 6.10 Å². The van der Waals surface area contributed by atoms with Crippen molar-refractivity contribution in [3.63, 3.8) is 0 Å². The molecule has 1 aromatic heterocycles. The molecule has 2 rings (SSSR count). The Morgan fingerprint density at radius 3 is 2.60 bits per heavy atom. The van der Waals surface area contributed by atoms with Crippen LogP contribution in [0.4, 0.5) is 0 Å². The summed E-state index contributed by atoms with van der Waals surface area (Å²) in [7, 11) is 0. The first kappa shape index (κ1) is 14.8. The number of thiophene rings is 1. The van der Waals surface area contributed by atoms with Crippen molar-refractivity contribution in [2.24, 2.45) is 0 Å². The van der Waals surface area contributed by atoms with Crippen LogP contribution in [0, 0.1) is 0 Å². The van der Waals surface area contributed by atoms with Crippen LogP contribution < -0.4 is 5.32 Å². The van der Waals surface area contributed by atoms with Crippen LogP contribution >= 0.6 is 11.3 Å². The zero-order valence-corrected chi connectivity index (χ0v) is 12.3. The minimum absolute atomic E-state index is 0.0330. The monoisotopic (exact) mass is 289 g/mol. The third-order valence-corrected chi connectivity index (χ3v) is 4.24. The highest BCUT2D eigenvalue weighted by Gasteiger charge is 2.19. The van der Waals surface area contributed by atoms with E-state index in [-0.39, 0.29) is 18.4 Å². The van der Waals surface area contributed by atoms with Crippen LogP contribution in [0.25, 0.3) is 0 Å². The molecule has 2 aromatic rings. The minimum atomic E-state index is -0.632. The predicted molar refractivity (Wildman–Crippen MR) is 81.8 cm³/mol. The fourth-order valence-electron chi connectivity index (χ4n) is 2.16. The lowest BCUT2D eigenvalue weighted by molar-refractivity contribution is -0.123. The molecule has 0 unspecified atom stereocenters. The van der Waals surface area contributed by atoms with E-state index in [0.29, 0.717) is 0 Å². The van der Waals surface area contributed by atoms with Gasteiger partial charge in [0, 0.05) is 11.4 Å². The molecule has 0 spiro atoms. The van der Waals surface area contributed by atoms with E-state index in [1.54, 1.807) is 0 Å². The van der Waals surface area contributed by atoms with Gasteiger partial charge in [-0.05, 0) is 23.4 Å². The van der Waals surface area contributed by atoms with E-state index in [0.717, 1.165) is 16.9 Å². The summed E-state index contributed by atoms with van der Waals surface area (Å²) in [6.07, 6.45) is 0.109. The van der Waals surface area contributed by atoms with Crippen molar-refractivity contribution in [2.45, 2.75) is 25.4 Å². The van der Waals surface area contributed by atoms with E-state index in [1.165, 1.54) is 11.3 Å². The molecule has 3 nitrogen and oxygen atoms in total. The molecular weight excluding hydrogens is 270 g/mol. The van der Waals surface area contributed by atoms with Crippen molar-refractivity contribution in [3.8, 4) is 0 Å². The number of hydrogen-bond acceptors (Lipinski definition) is 3. The van der Waals surface area contributed by atoms with E-state index < -0.39 is 6.10 Å². The second kappa shape index (κ2) is 7.22. The Morgan fingerprint density at radius 2 is 2.00 bits per heavy atom. The molecule has 0 saturated heterocycles. The van der Waals surface area contributed by atoms with Crippen molar-refractivity contribution in [3.05, 3.63) is 58.3 Å². The van der Waals surface area contributed by atoms with Crippen LogP contribution in [0.5, 0.6) is 0 Å². The first-order valence-electron chi connectivity index (χ1n) is 6.76. The SMILES string of the molecule is CC[C@H](C(=O)NC[C@H](O)c1cccs1)c1ccccc1. The zero-order chi connectivity index (χ0) is 14.4. The average molecular weight is 289 g/mol. The van der Waals surface area contributed by atoms with Gasteiger partial charge in [0.2, 0.25) is 5.91 Å². The quantitative estimate of drug-likeness (QED) is 0.858. The summed E-state index contributed by atoms with van der Waals surface area (Å²) < 4.78 is 0. The highest BCUT2D eigenvalue weighted by atomic mass is 32.1. The van der Waals surface area contributed by atoms with Crippen LogP contribution in [-0.4, -0.2) is 17.6 Å².